The number of fused-ring (bicyclic) bond motifs is 6. The number of amides is 1. The molecule has 9 nitrogen and oxygen atoms in total. The lowest BCUT2D eigenvalue weighted by Gasteiger charge is -2.32. The molecule has 5 aromatic rings. The van der Waals surface area contributed by atoms with Crippen LogP contribution in [0.25, 0.3) is 22.4 Å². The highest BCUT2D eigenvalue weighted by molar-refractivity contribution is 5.98. The summed E-state index contributed by atoms with van der Waals surface area (Å²) in [5.41, 5.74) is 2.37. The molecule has 0 atom stereocenters. The molecule has 5 heterocycles. The number of pyridine rings is 1. The standard InChI is InChI=1S/C24H18F2N8O/c1-31-17-4-2-3-15(11-17)16-7-9-20-28-29-23(32(20)12-16)24(25,26)18-8-10-19-27-21(13-33(19)30-18)34(31)22(35)14-5-6-14/h2-4,7-14H,5-6H2,1H3. The second-order valence-corrected chi connectivity index (χ2v) is 8.86. The molecule has 0 spiro atoms. The molecule has 0 N–H and O–H groups in total. The molecular weight excluding hydrogens is 454 g/mol. The van der Waals surface area contributed by atoms with E-state index in [0.717, 1.165) is 24.1 Å². The van der Waals surface area contributed by atoms with Gasteiger partial charge in [0.2, 0.25) is 11.7 Å². The summed E-state index contributed by atoms with van der Waals surface area (Å²) in [7, 11) is 1.79. The fourth-order valence-corrected chi connectivity index (χ4v) is 4.45. The number of carbonyl (C=O) groups is 1. The predicted octanol–water partition coefficient (Wildman–Crippen LogP) is 3.69. The van der Waals surface area contributed by atoms with Crippen molar-refractivity contribution in [3.8, 4) is 11.1 Å². The van der Waals surface area contributed by atoms with Crippen LogP contribution in [-0.4, -0.2) is 42.2 Å². The van der Waals surface area contributed by atoms with Gasteiger partial charge in [-0.15, -0.1) is 10.2 Å². The van der Waals surface area contributed by atoms with Gasteiger partial charge < -0.3 is 0 Å². The number of rotatable bonds is 1. The smallest absolute Gasteiger partial charge is 0.280 e. The Morgan fingerprint density at radius 3 is 2.66 bits per heavy atom. The summed E-state index contributed by atoms with van der Waals surface area (Å²) < 4.78 is 34.0. The van der Waals surface area contributed by atoms with Gasteiger partial charge in [0, 0.05) is 19.2 Å². The lowest BCUT2D eigenvalue weighted by molar-refractivity contribution is -0.119. The number of carbonyl (C=O) groups excluding carboxylic acids is 1. The molecular formula is C24H18F2N8O. The van der Waals surface area contributed by atoms with Gasteiger partial charge in [-0.25, -0.2) is 14.5 Å². The van der Waals surface area contributed by atoms with Crippen molar-refractivity contribution in [2.45, 2.75) is 18.8 Å². The Morgan fingerprint density at radius 2 is 1.83 bits per heavy atom. The number of aromatic nitrogens is 6. The van der Waals surface area contributed by atoms with Gasteiger partial charge in [0.25, 0.3) is 0 Å². The normalized spacial score (nSPS) is 16.9. The van der Waals surface area contributed by atoms with E-state index in [1.807, 2.05) is 24.3 Å². The van der Waals surface area contributed by atoms with Crippen LogP contribution in [0.4, 0.5) is 20.3 Å². The van der Waals surface area contributed by atoms with E-state index in [9.17, 15) is 4.79 Å². The van der Waals surface area contributed by atoms with Gasteiger partial charge in [0.15, 0.2) is 17.1 Å². The number of hydrogen-bond donors (Lipinski definition) is 0. The summed E-state index contributed by atoms with van der Waals surface area (Å²) in [5, 5.41) is 15.1. The van der Waals surface area contributed by atoms with Crippen molar-refractivity contribution < 1.29 is 13.6 Å². The molecule has 7 rings (SSSR count). The highest BCUT2D eigenvalue weighted by Gasteiger charge is 2.42. The number of nitrogens with zero attached hydrogens (tertiary/aromatic N) is 8. The van der Waals surface area contributed by atoms with Crippen molar-refractivity contribution in [1.82, 2.24) is 29.2 Å². The third-order valence-electron chi connectivity index (χ3n) is 6.52. The summed E-state index contributed by atoms with van der Waals surface area (Å²) in [6.07, 6.45) is 4.71. The van der Waals surface area contributed by atoms with Gasteiger partial charge in [0.1, 0.15) is 5.69 Å². The average molecular weight is 472 g/mol. The summed E-state index contributed by atoms with van der Waals surface area (Å²) in [5.74, 6) is -3.94. The number of halogens is 2. The molecule has 1 aromatic carbocycles. The Kier molecular flexibility index (Phi) is 3.89. The topological polar surface area (TPSA) is 83.9 Å². The maximum Gasteiger partial charge on any atom is 0.350 e. The van der Waals surface area contributed by atoms with Gasteiger partial charge >= 0.3 is 5.92 Å². The van der Waals surface area contributed by atoms with E-state index in [1.54, 1.807) is 30.4 Å². The Hall–Kier alpha value is -4.41. The van der Waals surface area contributed by atoms with Crippen LogP contribution in [-0.2, 0) is 10.7 Å². The minimum Gasteiger partial charge on any atom is -0.280 e. The van der Waals surface area contributed by atoms with Gasteiger partial charge in [-0.2, -0.15) is 13.9 Å². The maximum absolute atomic E-state index is 15.7. The first kappa shape index (κ1) is 20.0. The zero-order valence-corrected chi connectivity index (χ0v) is 18.5. The van der Waals surface area contributed by atoms with Gasteiger partial charge in [0.05, 0.1) is 11.9 Å². The van der Waals surface area contributed by atoms with Gasteiger partial charge in [-0.3, -0.25) is 14.2 Å². The summed E-state index contributed by atoms with van der Waals surface area (Å²) >= 11 is 0. The van der Waals surface area contributed by atoms with E-state index in [-0.39, 0.29) is 11.8 Å². The Bertz CT molecular complexity index is 1650. The second-order valence-electron chi connectivity index (χ2n) is 8.86. The van der Waals surface area contributed by atoms with Crippen LogP contribution in [0.1, 0.15) is 24.4 Å². The van der Waals surface area contributed by atoms with Crippen LogP contribution in [0.2, 0.25) is 0 Å². The van der Waals surface area contributed by atoms with E-state index in [4.69, 9.17) is 0 Å². The third-order valence-corrected chi connectivity index (χ3v) is 6.52. The van der Waals surface area contributed by atoms with Crippen molar-refractivity contribution >= 4 is 28.7 Å². The van der Waals surface area contributed by atoms with Crippen molar-refractivity contribution in [3.05, 3.63) is 72.4 Å². The largest absolute Gasteiger partial charge is 0.350 e. The molecule has 4 aromatic heterocycles. The molecule has 1 fully saturated rings. The average Bonchev–Trinajstić information content (AvgIpc) is 3.49. The molecule has 0 unspecified atom stereocenters. The quantitative estimate of drug-likeness (QED) is 0.370. The van der Waals surface area contributed by atoms with Gasteiger partial charge in [-0.05, 0) is 60.4 Å². The Labute approximate surface area is 197 Å². The van der Waals surface area contributed by atoms with Crippen molar-refractivity contribution in [1.29, 1.82) is 0 Å². The second kappa shape index (κ2) is 6.81. The van der Waals surface area contributed by atoms with Crippen LogP contribution in [0.3, 0.4) is 0 Å². The van der Waals surface area contributed by atoms with Crippen LogP contribution in [0.15, 0.2) is 60.9 Å². The number of imidazole rings is 1. The number of hydrazine groups is 1. The van der Waals surface area contributed by atoms with Crippen molar-refractivity contribution in [2.24, 2.45) is 5.92 Å². The van der Waals surface area contributed by atoms with E-state index in [2.05, 4.69) is 20.3 Å². The lowest BCUT2D eigenvalue weighted by atomic mass is 10.1. The predicted molar refractivity (Wildman–Crippen MR) is 123 cm³/mol. The first-order valence-corrected chi connectivity index (χ1v) is 11.2. The van der Waals surface area contributed by atoms with Crippen LogP contribution in [0, 0.1) is 5.92 Å². The van der Waals surface area contributed by atoms with Crippen LogP contribution >= 0.6 is 0 Å². The monoisotopic (exact) mass is 472 g/mol. The van der Waals surface area contributed by atoms with Crippen LogP contribution < -0.4 is 10.0 Å². The van der Waals surface area contributed by atoms with Crippen LogP contribution in [0.5, 0.6) is 0 Å². The maximum atomic E-state index is 15.7. The third kappa shape index (κ3) is 2.94. The first-order chi connectivity index (χ1) is 16.9. The summed E-state index contributed by atoms with van der Waals surface area (Å²) in [4.78, 5) is 17.9. The summed E-state index contributed by atoms with van der Waals surface area (Å²) in [6, 6.07) is 13.7. The molecule has 2 aliphatic rings. The highest BCUT2D eigenvalue weighted by atomic mass is 19.3. The molecule has 1 saturated carbocycles. The molecule has 11 heteroatoms. The van der Waals surface area contributed by atoms with E-state index >= 15 is 8.78 Å². The highest BCUT2D eigenvalue weighted by Crippen LogP contribution is 2.37. The fraction of sp³-hybridized carbons (Fsp3) is 0.208. The number of alkyl halides is 2. The Morgan fingerprint density at radius 1 is 1.00 bits per heavy atom. The number of hydrogen-bond acceptors (Lipinski definition) is 6. The molecule has 0 radical (unpaired) electrons. The van der Waals surface area contributed by atoms with E-state index in [1.165, 1.54) is 32.3 Å². The molecule has 7 bridgehead atoms. The fourth-order valence-electron chi connectivity index (χ4n) is 4.45. The zero-order valence-electron chi connectivity index (χ0n) is 18.5. The molecule has 35 heavy (non-hydrogen) atoms. The minimum atomic E-state index is -3.53. The number of anilines is 2. The minimum absolute atomic E-state index is 0.0905. The zero-order chi connectivity index (χ0) is 23.9. The van der Waals surface area contributed by atoms with E-state index < -0.39 is 17.4 Å². The van der Waals surface area contributed by atoms with Crippen molar-refractivity contribution in [2.75, 3.05) is 17.1 Å². The van der Waals surface area contributed by atoms with E-state index in [0.29, 0.717) is 22.7 Å². The molecule has 1 aliphatic heterocycles. The summed E-state index contributed by atoms with van der Waals surface area (Å²) in [6.45, 7) is 0. The SMILES string of the molecule is CN1c2cccc(c2)-c2ccc3nnc(n3c2)C(F)(F)c2ccc3nc(cn3n2)N1C(=O)C1CC1. The molecule has 1 amide bonds. The molecule has 1 aliphatic carbocycles. The molecule has 0 saturated heterocycles. The first-order valence-electron chi connectivity index (χ1n) is 11.2. The van der Waals surface area contributed by atoms with Crippen molar-refractivity contribution in [3.63, 3.8) is 0 Å². The molecule has 174 valence electrons. The Balaban J connectivity index is 1.53. The number of benzene rings is 1. The van der Waals surface area contributed by atoms with Gasteiger partial charge in [-0.1, -0.05) is 12.1 Å². The lowest BCUT2D eigenvalue weighted by Crippen LogP contribution is -2.46.